The van der Waals surface area contributed by atoms with Crippen LogP contribution in [0.25, 0.3) is 0 Å². The molecule has 1 fully saturated rings. The van der Waals surface area contributed by atoms with Crippen LogP contribution in [0.1, 0.15) is 24.0 Å². The summed E-state index contributed by atoms with van der Waals surface area (Å²) < 4.78 is 93.1. The number of nitrogens with one attached hydrogen (secondary N) is 2. The second-order valence-corrected chi connectivity index (χ2v) is 13.3. The third kappa shape index (κ3) is 7.53. The van der Waals surface area contributed by atoms with Crippen molar-refractivity contribution in [3.05, 3.63) is 88.9 Å². The number of piperidine rings is 1. The summed E-state index contributed by atoms with van der Waals surface area (Å²) in [7, 11) is -7.77. The van der Waals surface area contributed by atoms with Gasteiger partial charge in [0.25, 0.3) is 10.0 Å². The average molecular weight is 616 g/mol. The number of anilines is 2. The van der Waals surface area contributed by atoms with E-state index < -0.39 is 37.7 Å². The molecule has 214 valence electrons. The van der Waals surface area contributed by atoms with Crippen molar-refractivity contribution in [2.24, 2.45) is 5.92 Å². The molecule has 14 heteroatoms. The number of halogens is 4. The van der Waals surface area contributed by atoms with E-state index in [-0.39, 0.29) is 35.3 Å². The molecular weight excluding hydrogens is 591 g/mol. The Hall–Kier alpha value is -3.13. The Labute approximate surface area is 235 Å². The molecular formula is C26H25ClF3N3O5S2. The van der Waals surface area contributed by atoms with E-state index in [9.17, 15) is 34.8 Å². The zero-order valence-electron chi connectivity index (χ0n) is 20.9. The highest BCUT2D eigenvalue weighted by atomic mass is 35.5. The maximum Gasteiger partial charge on any atom is 0.416 e. The molecule has 40 heavy (non-hydrogen) atoms. The van der Waals surface area contributed by atoms with E-state index in [2.05, 4.69) is 10.0 Å². The van der Waals surface area contributed by atoms with Crippen molar-refractivity contribution >= 4 is 48.9 Å². The highest BCUT2D eigenvalue weighted by molar-refractivity contribution is 7.92. The smallest absolute Gasteiger partial charge is 0.326 e. The van der Waals surface area contributed by atoms with Gasteiger partial charge >= 0.3 is 6.18 Å². The van der Waals surface area contributed by atoms with Gasteiger partial charge in [0.2, 0.25) is 15.9 Å². The lowest BCUT2D eigenvalue weighted by atomic mass is 9.97. The summed E-state index contributed by atoms with van der Waals surface area (Å²) in [5.41, 5.74) is -0.342. The number of alkyl halides is 3. The molecule has 1 amide bonds. The van der Waals surface area contributed by atoms with E-state index in [1.165, 1.54) is 34.6 Å². The molecule has 3 aromatic carbocycles. The summed E-state index contributed by atoms with van der Waals surface area (Å²) in [4.78, 5) is 12.6. The number of carbonyl (C=O) groups is 1. The number of hydrogen-bond donors (Lipinski definition) is 2. The van der Waals surface area contributed by atoms with Crippen molar-refractivity contribution in [1.82, 2.24) is 4.31 Å². The van der Waals surface area contributed by atoms with Gasteiger partial charge in [-0.1, -0.05) is 29.8 Å². The van der Waals surface area contributed by atoms with Gasteiger partial charge in [0.15, 0.2) is 0 Å². The maximum atomic E-state index is 12.9. The van der Waals surface area contributed by atoms with Gasteiger partial charge in [0, 0.05) is 35.4 Å². The van der Waals surface area contributed by atoms with Crippen LogP contribution in [0.2, 0.25) is 5.02 Å². The topological polar surface area (TPSA) is 113 Å². The monoisotopic (exact) mass is 615 g/mol. The van der Waals surface area contributed by atoms with Gasteiger partial charge in [-0.15, -0.1) is 0 Å². The first-order valence-electron chi connectivity index (χ1n) is 12.1. The van der Waals surface area contributed by atoms with Gasteiger partial charge < -0.3 is 5.32 Å². The first-order valence-corrected chi connectivity index (χ1v) is 15.5. The Kier molecular flexibility index (Phi) is 8.78. The Balaban J connectivity index is 1.32. The summed E-state index contributed by atoms with van der Waals surface area (Å²) in [5.74, 6) is -0.962. The van der Waals surface area contributed by atoms with Gasteiger partial charge in [0.1, 0.15) is 0 Å². The number of nitrogens with zero attached hydrogens (tertiary/aromatic N) is 1. The van der Waals surface area contributed by atoms with Gasteiger partial charge in [-0.2, -0.15) is 13.2 Å². The zero-order chi connectivity index (χ0) is 29.1. The fraction of sp³-hybridized carbons (Fsp3) is 0.269. The second kappa shape index (κ2) is 11.8. The second-order valence-electron chi connectivity index (χ2n) is 9.26. The number of sulfonamides is 2. The predicted molar refractivity (Wildman–Crippen MR) is 146 cm³/mol. The number of rotatable bonds is 8. The van der Waals surface area contributed by atoms with E-state index in [1.54, 1.807) is 24.3 Å². The SMILES string of the molecule is O=C(Nc1ccc(S(=O)(=O)Nc2cccc(C(F)(F)F)c2)cc1)C1CCN(S(=O)(=O)Cc2cccc(Cl)c2)CC1. The lowest BCUT2D eigenvalue weighted by molar-refractivity contribution is -0.137. The van der Waals surface area contributed by atoms with Gasteiger partial charge in [0.05, 0.1) is 16.2 Å². The molecule has 0 saturated carbocycles. The average Bonchev–Trinajstić information content (AvgIpc) is 2.88. The molecule has 0 radical (unpaired) electrons. The molecule has 0 unspecified atom stereocenters. The summed E-state index contributed by atoms with van der Waals surface area (Å²) in [6, 6.07) is 15.6. The van der Waals surface area contributed by atoms with Crippen molar-refractivity contribution in [1.29, 1.82) is 0 Å². The molecule has 0 aliphatic carbocycles. The molecule has 0 spiro atoms. The molecule has 0 aromatic heterocycles. The molecule has 1 aliphatic rings. The molecule has 4 rings (SSSR count). The maximum absolute atomic E-state index is 12.9. The standard InChI is InChI=1S/C26H25ClF3N3O5S2/c27-21-5-1-3-18(15-21)17-39(35,36)33-13-11-19(12-14-33)25(34)31-22-7-9-24(10-8-22)40(37,38)32-23-6-2-4-20(16-23)26(28,29)30/h1-10,15-16,19,32H,11-14,17H2,(H,31,34). The number of hydrogen-bond acceptors (Lipinski definition) is 5. The van der Waals surface area contributed by atoms with E-state index in [1.807, 2.05) is 0 Å². The van der Waals surface area contributed by atoms with Crippen LogP contribution in [0.4, 0.5) is 24.5 Å². The summed E-state index contributed by atoms with van der Waals surface area (Å²) in [6.45, 7) is 0.360. The summed E-state index contributed by atoms with van der Waals surface area (Å²) in [5, 5.41) is 3.15. The van der Waals surface area contributed by atoms with Crippen LogP contribution in [-0.2, 0) is 36.8 Å². The van der Waals surface area contributed by atoms with E-state index in [0.29, 0.717) is 35.2 Å². The highest BCUT2D eigenvalue weighted by Gasteiger charge is 2.32. The zero-order valence-corrected chi connectivity index (χ0v) is 23.2. The minimum Gasteiger partial charge on any atom is -0.326 e. The van der Waals surface area contributed by atoms with Gasteiger partial charge in [-0.25, -0.2) is 21.1 Å². The minimum atomic E-state index is -4.62. The fourth-order valence-corrected chi connectivity index (χ4v) is 7.07. The Bertz CT molecular complexity index is 1590. The van der Waals surface area contributed by atoms with Crippen LogP contribution in [0.15, 0.2) is 77.7 Å². The third-order valence-corrected chi connectivity index (χ3v) is 9.81. The Morgan fingerprint density at radius 2 is 1.55 bits per heavy atom. The predicted octanol–water partition coefficient (Wildman–Crippen LogP) is 5.34. The van der Waals surface area contributed by atoms with Crippen LogP contribution in [0.5, 0.6) is 0 Å². The largest absolute Gasteiger partial charge is 0.416 e. The molecule has 3 aromatic rings. The number of benzene rings is 3. The lowest BCUT2D eigenvalue weighted by Gasteiger charge is -2.30. The van der Waals surface area contributed by atoms with Crippen molar-refractivity contribution in [3.8, 4) is 0 Å². The van der Waals surface area contributed by atoms with Crippen LogP contribution in [0.3, 0.4) is 0 Å². The third-order valence-electron chi connectivity index (χ3n) is 6.33. The number of carbonyl (C=O) groups excluding carboxylic acids is 1. The van der Waals surface area contributed by atoms with Crippen LogP contribution < -0.4 is 10.0 Å². The molecule has 8 nitrogen and oxygen atoms in total. The van der Waals surface area contributed by atoms with Crippen LogP contribution in [-0.4, -0.2) is 40.1 Å². The van der Waals surface area contributed by atoms with E-state index in [0.717, 1.165) is 12.1 Å². The molecule has 0 bridgehead atoms. The Morgan fingerprint density at radius 1 is 0.900 bits per heavy atom. The summed E-state index contributed by atoms with van der Waals surface area (Å²) in [6.07, 6.45) is -3.99. The van der Waals surface area contributed by atoms with Crippen LogP contribution >= 0.6 is 11.6 Å². The highest BCUT2D eigenvalue weighted by Crippen LogP contribution is 2.31. The van der Waals surface area contributed by atoms with Crippen molar-refractivity contribution in [3.63, 3.8) is 0 Å². The van der Waals surface area contributed by atoms with E-state index in [4.69, 9.17) is 11.6 Å². The quantitative estimate of drug-likeness (QED) is 0.355. The molecule has 2 N–H and O–H groups in total. The normalized spacial score (nSPS) is 15.5. The lowest BCUT2D eigenvalue weighted by Crippen LogP contribution is -2.41. The summed E-state index contributed by atoms with van der Waals surface area (Å²) >= 11 is 5.94. The van der Waals surface area contributed by atoms with Gasteiger partial charge in [-0.3, -0.25) is 9.52 Å². The minimum absolute atomic E-state index is 0.180. The van der Waals surface area contributed by atoms with Crippen LogP contribution in [0, 0.1) is 5.92 Å². The van der Waals surface area contributed by atoms with Crippen molar-refractivity contribution in [2.45, 2.75) is 29.7 Å². The number of amides is 1. The fourth-order valence-electron chi connectivity index (χ4n) is 4.26. The van der Waals surface area contributed by atoms with E-state index >= 15 is 0 Å². The Morgan fingerprint density at radius 3 is 2.17 bits per heavy atom. The first-order chi connectivity index (χ1) is 18.7. The molecule has 0 atom stereocenters. The van der Waals surface area contributed by atoms with Crippen molar-refractivity contribution in [2.75, 3.05) is 23.1 Å². The first kappa shape index (κ1) is 29.8. The molecule has 1 aliphatic heterocycles. The molecule has 1 saturated heterocycles. The van der Waals surface area contributed by atoms with Gasteiger partial charge in [-0.05, 0) is 73.0 Å². The van der Waals surface area contributed by atoms with Crippen molar-refractivity contribution < 1.29 is 34.8 Å². The molecule has 1 heterocycles.